The summed E-state index contributed by atoms with van der Waals surface area (Å²) in [6, 6.07) is 19.5. The summed E-state index contributed by atoms with van der Waals surface area (Å²) in [4.78, 5) is 4.82. The van der Waals surface area contributed by atoms with Crippen LogP contribution in [0.5, 0.6) is 0 Å². The molecule has 1 spiro atoms. The summed E-state index contributed by atoms with van der Waals surface area (Å²) in [5.41, 5.74) is 3.80. The van der Waals surface area contributed by atoms with Gasteiger partial charge in [0.1, 0.15) is 4.08 Å². The van der Waals surface area contributed by atoms with Crippen LogP contribution in [0.2, 0.25) is 0 Å². The van der Waals surface area contributed by atoms with Crippen LogP contribution >= 0.6 is 23.5 Å². The third kappa shape index (κ3) is 1.99. The number of para-hydroxylation sites is 1. The molecule has 112 valence electrons. The molecule has 0 amide bonds. The highest BCUT2D eigenvalue weighted by molar-refractivity contribution is 8.18. The van der Waals surface area contributed by atoms with Crippen molar-refractivity contribution in [2.75, 3.05) is 11.5 Å². The Morgan fingerprint density at radius 3 is 2.36 bits per heavy atom. The van der Waals surface area contributed by atoms with Crippen molar-refractivity contribution in [1.29, 1.82) is 0 Å². The fraction of sp³-hybridized carbons (Fsp3) is 0.316. The molecule has 1 nitrogen and oxygen atoms in total. The molecule has 2 aromatic carbocycles. The second-order valence-electron chi connectivity index (χ2n) is 6.01. The molecule has 2 aliphatic rings. The highest BCUT2D eigenvalue weighted by Crippen LogP contribution is 2.63. The van der Waals surface area contributed by atoms with E-state index in [2.05, 4.69) is 91.3 Å². The molecule has 4 rings (SSSR count). The van der Waals surface area contributed by atoms with Crippen molar-refractivity contribution in [3.8, 4) is 0 Å². The maximum Gasteiger partial charge on any atom is 0.102 e. The fourth-order valence-corrected chi connectivity index (χ4v) is 7.23. The molecule has 0 bridgehead atoms. The molecule has 2 aromatic rings. The number of fused-ring (bicyclic) bond motifs is 2. The normalized spacial score (nSPS) is 25.9. The first kappa shape index (κ1) is 14.4. The molecule has 2 aliphatic heterocycles. The van der Waals surface area contributed by atoms with Gasteiger partial charge in [0.25, 0.3) is 0 Å². The molecule has 1 atom stereocenters. The number of thioether (sulfide) groups is 2. The summed E-state index contributed by atoms with van der Waals surface area (Å²) in [7, 11) is 0. The molecular formula is C19H19NS2. The van der Waals surface area contributed by atoms with Gasteiger partial charge in [-0.3, -0.25) is 4.99 Å². The Balaban J connectivity index is 1.96. The number of rotatable bonds is 1. The van der Waals surface area contributed by atoms with Gasteiger partial charge in [-0.1, -0.05) is 48.5 Å². The van der Waals surface area contributed by atoms with E-state index in [9.17, 15) is 0 Å². The van der Waals surface area contributed by atoms with E-state index in [1.165, 1.54) is 29.1 Å². The second-order valence-corrected chi connectivity index (χ2v) is 8.89. The number of aliphatic imine (C=N–C) groups is 1. The third-order valence-electron chi connectivity index (χ3n) is 4.68. The number of hydrogen-bond acceptors (Lipinski definition) is 3. The number of hydrogen-bond donors (Lipinski definition) is 0. The van der Waals surface area contributed by atoms with Crippen LogP contribution in [0.3, 0.4) is 0 Å². The number of nitrogens with zero attached hydrogens (tertiary/aromatic N) is 1. The third-order valence-corrected chi connectivity index (χ3v) is 8.47. The molecule has 22 heavy (non-hydrogen) atoms. The Morgan fingerprint density at radius 2 is 1.59 bits per heavy atom. The lowest BCUT2D eigenvalue weighted by atomic mass is 9.75. The average Bonchev–Trinajstić information content (AvgIpc) is 2.60. The molecule has 0 saturated carbocycles. The van der Waals surface area contributed by atoms with Crippen LogP contribution in [-0.2, 0) is 9.49 Å². The van der Waals surface area contributed by atoms with Gasteiger partial charge in [0.2, 0.25) is 0 Å². The standard InChI is InChI=1S/C19H19NS2/c1-18(15-8-3-2-4-9-15)14-20-17-11-6-5-10-16(17)19(18)21-12-7-13-22-19/h2-6,8-11,14H,7,12-13H2,1H3. The Bertz CT molecular complexity index is 704. The summed E-state index contributed by atoms with van der Waals surface area (Å²) in [6.07, 6.45) is 3.48. The Morgan fingerprint density at radius 1 is 0.909 bits per heavy atom. The highest BCUT2D eigenvalue weighted by atomic mass is 32.2. The lowest BCUT2D eigenvalue weighted by Crippen LogP contribution is -2.47. The minimum absolute atomic E-state index is 0.0327. The summed E-state index contributed by atoms with van der Waals surface area (Å²) in [6.45, 7) is 2.35. The predicted octanol–water partition coefficient (Wildman–Crippen LogP) is 5.38. The summed E-state index contributed by atoms with van der Waals surface area (Å²) >= 11 is 4.21. The van der Waals surface area contributed by atoms with Gasteiger partial charge >= 0.3 is 0 Å². The fourth-order valence-electron chi connectivity index (χ4n) is 3.46. The molecular weight excluding hydrogens is 306 g/mol. The van der Waals surface area contributed by atoms with E-state index in [4.69, 9.17) is 4.99 Å². The van der Waals surface area contributed by atoms with Gasteiger partial charge in [-0.2, -0.15) is 0 Å². The van der Waals surface area contributed by atoms with Gasteiger partial charge in [0.05, 0.1) is 11.1 Å². The summed E-state index contributed by atoms with van der Waals surface area (Å²) < 4.78 is 0.0327. The zero-order valence-corrected chi connectivity index (χ0v) is 14.3. The molecule has 0 aromatic heterocycles. The summed E-state index contributed by atoms with van der Waals surface area (Å²) in [5.74, 6) is 2.44. The van der Waals surface area contributed by atoms with Crippen LogP contribution in [0.4, 0.5) is 5.69 Å². The minimum Gasteiger partial charge on any atom is -0.260 e. The maximum atomic E-state index is 4.82. The topological polar surface area (TPSA) is 12.4 Å². The van der Waals surface area contributed by atoms with Crippen molar-refractivity contribution in [2.45, 2.75) is 22.8 Å². The van der Waals surface area contributed by atoms with Crippen molar-refractivity contribution < 1.29 is 0 Å². The van der Waals surface area contributed by atoms with Crippen LogP contribution in [0.15, 0.2) is 59.6 Å². The van der Waals surface area contributed by atoms with E-state index >= 15 is 0 Å². The van der Waals surface area contributed by atoms with E-state index in [0.29, 0.717) is 0 Å². The average molecular weight is 326 g/mol. The van der Waals surface area contributed by atoms with Crippen molar-refractivity contribution in [2.24, 2.45) is 4.99 Å². The summed E-state index contributed by atoms with van der Waals surface area (Å²) in [5, 5.41) is 0. The molecule has 0 N–H and O–H groups in total. The molecule has 3 heteroatoms. The van der Waals surface area contributed by atoms with E-state index < -0.39 is 0 Å². The first-order chi connectivity index (χ1) is 10.8. The molecule has 0 aliphatic carbocycles. The van der Waals surface area contributed by atoms with Gasteiger partial charge in [-0.15, -0.1) is 23.5 Å². The van der Waals surface area contributed by atoms with Crippen LogP contribution in [0.1, 0.15) is 24.5 Å². The number of benzene rings is 2. The molecule has 1 saturated heterocycles. The molecule has 2 heterocycles. The van der Waals surface area contributed by atoms with E-state index in [-0.39, 0.29) is 9.49 Å². The predicted molar refractivity (Wildman–Crippen MR) is 99.6 cm³/mol. The van der Waals surface area contributed by atoms with Crippen LogP contribution in [0.25, 0.3) is 0 Å². The first-order valence-electron chi connectivity index (χ1n) is 7.74. The van der Waals surface area contributed by atoms with Gasteiger partial charge < -0.3 is 0 Å². The monoisotopic (exact) mass is 325 g/mol. The smallest absolute Gasteiger partial charge is 0.102 e. The van der Waals surface area contributed by atoms with Crippen molar-refractivity contribution in [3.05, 3.63) is 65.7 Å². The zero-order chi connectivity index (χ0) is 15.0. The van der Waals surface area contributed by atoms with Crippen molar-refractivity contribution in [1.82, 2.24) is 0 Å². The Labute approximate surface area is 140 Å². The quantitative estimate of drug-likeness (QED) is 0.697. The largest absolute Gasteiger partial charge is 0.260 e. The van der Waals surface area contributed by atoms with Crippen LogP contribution in [0, 0.1) is 0 Å². The maximum absolute atomic E-state index is 4.82. The zero-order valence-electron chi connectivity index (χ0n) is 12.7. The van der Waals surface area contributed by atoms with Gasteiger partial charge in [0.15, 0.2) is 0 Å². The Hall–Kier alpha value is -1.19. The van der Waals surface area contributed by atoms with Gasteiger partial charge in [0, 0.05) is 11.8 Å². The molecule has 1 unspecified atom stereocenters. The minimum atomic E-state index is -0.0850. The van der Waals surface area contributed by atoms with E-state index in [1.54, 1.807) is 0 Å². The molecule has 1 fully saturated rings. The Kier molecular flexibility index (Phi) is 3.58. The van der Waals surface area contributed by atoms with Gasteiger partial charge in [-0.25, -0.2) is 0 Å². The molecule has 0 radical (unpaired) electrons. The second kappa shape index (κ2) is 5.47. The van der Waals surface area contributed by atoms with Crippen molar-refractivity contribution >= 4 is 35.4 Å². The van der Waals surface area contributed by atoms with E-state index in [0.717, 1.165) is 5.69 Å². The lowest BCUT2D eigenvalue weighted by molar-refractivity contribution is 0.580. The van der Waals surface area contributed by atoms with Crippen molar-refractivity contribution in [3.63, 3.8) is 0 Å². The lowest BCUT2D eigenvalue weighted by Gasteiger charge is -2.50. The highest BCUT2D eigenvalue weighted by Gasteiger charge is 2.54. The first-order valence-corrected chi connectivity index (χ1v) is 9.72. The SMILES string of the molecule is CC1(c2ccccc2)C=Nc2ccccc2C12SCCCS2. The van der Waals surface area contributed by atoms with Crippen LogP contribution in [-0.4, -0.2) is 17.7 Å². The van der Waals surface area contributed by atoms with Gasteiger partial charge in [-0.05, 0) is 36.5 Å². The van der Waals surface area contributed by atoms with E-state index in [1.807, 2.05) is 0 Å². The van der Waals surface area contributed by atoms with Crippen LogP contribution < -0.4 is 0 Å².